The van der Waals surface area contributed by atoms with Crippen LogP contribution in [-0.2, 0) is 9.59 Å². The summed E-state index contributed by atoms with van der Waals surface area (Å²) in [5.74, 6) is -0.314. The molecule has 0 unspecified atom stereocenters. The van der Waals surface area contributed by atoms with Crippen LogP contribution in [0.15, 0.2) is 18.2 Å². The van der Waals surface area contributed by atoms with E-state index in [4.69, 9.17) is 11.6 Å². The van der Waals surface area contributed by atoms with Crippen molar-refractivity contribution < 1.29 is 9.59 Å². The molecule has 0 aromatic heterocycles. The zero-order valence-electron chi connectivity index (χ0n) is 11.3. The molecular formula is C13H18ClN3O2. The SMILES string of the molecule is CNC(=O)CN(C)CC(=O)Nc1cc(Cl)ccc1C. The highest BCUT2D eigenvalue weighted by atomic mass is 35.5. The van der Waals surface area contributed by atoms with Crippen LogP contribution in [-0.4, -0.2) is 43.9 Å². The quantitative estimate of drug-likeness (QED) is 0.855. The van der Waals surface area contributed by atoms with Gasteiger partial charge in [0.2, 0.25) is 11.8 Å². The summed E-state index contributed by atoms with van der Waals surface area (Å²) >= 11 is 5.88. The molecule has 5 nitrogen and oxygen atoms in total. The molecule has 0 heterocycles. The molecule has 19 heavy (non-hydrogen) atoms. The standard InChI is InChI=1S/C13H18ClN3O2/c1-9-4-5-10(14)6-11(9)16-13(19)8-17(3)7-12(18)15-2/h4-6H,7-8H2,1-3H3,(H,15,18)(H,16,19). The molecule has 0 bridgehead atoms. The molecule has 0 aliphatic carbocycles. The van der Waals surface area contributed by atoms with Gasteiger partial charge in [0, 0.05) is 17.8 Å². The molecule has 0 saturated heterocycles. The van der Waals surface area contributed by atoms with Gasteiger partial charge in [-0.3, -0.25) is 14.5 Å². The Morgan fingerprint density at radius 1 is 1.26 bits per heavy atom. The summed E-state index contributed by atoms with van der Waals surface area (Å²) in [6.45, 7) is 2.21. The summed E-state index contributed by atoms with van der Waals surface area (Å²) < 4.78 is 0. The summed E-state index contributed by atoms with van der Waals surface area (Å²) in [6, 6.07) is 5.31. The normalized spacial score (nSPS) is 10.4. The number of nitrogens with one attached hydrogen (secondary N) is 2. The Morgan fingerprint density at radius 3 is 2.53 bits per heavy atom. The number of anilines is 1. The van der Waals surface area contributed by atoms with Gasteiger partial charge in [0.15, 0.2) is 0 Å². The number of rotatable bonds is 5. The van der Waals surface area contributed by atoms with Gasteiger partial charge in [-0.15, -0.1) is 0 Å². The van der Waals surface area contributed by atoms with Gasteiger partial charge in [-0.25, -0.2) is 0 Å². The van der Waals surface area contributed by atoms with Crippen molar-refractivity contribution in [2.45, 2.75) is 6.92 Å². The van der Waals surface area contributed by atoms with Crippen LogP contribution in [0.1, 0.15) is 5.56 Å². The number of aryl methyl sites for hydroxylation is 1. The van der Waals surface area contributed by atoms with Crippen LogP contribution in [0.5, 0.6) is 0 Å². The van der Waals surface area contributed by atoms with Gasteiger partial charge in [0.1, 0.15) is 0 Å². The number of halogens is 1. The molecule has 0 fully saturated rings. The Hall–Kier alpha value is -1.59. The molecule has 0 saturated carbocycles. The predicted octanol–water partition coefficient (Wildman–Crippen LogP) is 1.26. The first-order valence-corrected chi connectivity index (χ1v) is 6.25. The van der Waals surface area contributed by atoms with Crippen molar-refractivity contribution in [1.82, 2.24) is 10.2 Å². The second kappa shape index (κ2) is 7.11. The lowest BCUT2D eigenvalue weighted by Gasteiger charge is -2.16. The molecule has 104 valence electrons. The molecule has 2 N–H and O–H groups in total. The average molecular weight is 284 g/mol. The van der Waals surface area contributed by atoms with E-state index < -0.39 is 0 Å². The van der Waals surface area contributed by atoms with Crippen LogP contribution in [0, 0.1) is 6.92 Å². The first-order valence-electron chi connectivity index (χ1n) is 5.87. The smallest absolute Gasteiger partial charge is 0.238 e. The third-order valence-corrected chi connectivity index (χ3v) is 2.81. The van der Waals surface area contributed by atoms with Crippen molar-refractivity contribution in [3.8, 4) is 0 Å². The maximum absolute atomic E-state index is 11.8. The van der Waals surface area contributed by atoms with Gasteiger partial charge in [0.05, 0.1) is 13.1 Å². The molecular weight excluding hydrogens is 266 g/mol. The van der Waals surface area contributed by atoms with Gasteiger partial charge in [-0.2, -0.15) is 0 Å². The third-order valence-electron chi connectivity index (χ3n) is 2.58. The van der Waals surface area contributed by atoms with Crippen LogP contribution < -0.4 is 10.6 Å². The fraction of sp³-hybridized carbons (Fsp3) is 0.385. The Bertz CT molecular complexity index is 477. The second-order valence-corrected chi connectivity index (χ2v) is 4.79. The molecule has 6 heteroatoms. The van der Waals surface area contributed by atoms with Crippen LogP contribution in [0.3, 0.4) is 0 Å². The number of likely N-dealkylation sites (N-methyl/N-ethyl adjacent to an activating group) is 2. The molecule has 1 aromatic carbocycles. The molecule has 2 amide bonds. The summed E-state index contributed by atoms with van der Waals surface area (Å²) in [4.78, 5) is 24.6. The lowest BCUT2D eigenvalue weighted by molar-refractivity contribution is -0.122. The van der Waals surface area contributed by atoms with E-state index in [1.165, 1.54) is 0 Å². The number of hydrogen-bond acceptors (Lipinski definition) is 3. The van der Waals surface area contributed by atoms with Crippen molar-refractivity contribution in [3.05, 3.63) is 28.8 Å². The maximum atomic E-state index is 11.8. The van der Waals surface area contributed by atoms with E-state index in [-0.39, 0.29) is 24.9 Å². The number of nitrogens with zero attached hydrogens (tertiary/aromatic N) is 1. The summed E-state index contributed by atoms with van der Waals surface area (Å²) in [6.07, 6.45) is 0. The van der Waals surface area contributed by atoms with Crippen molar-refractivity contribution >= 4 is 29.1 Å². The van der Waals surface area contributed by atoms with Crippen molar-refractivity contribution in [1.29, 1.82) is 0 Å². The first kappa shape index (κ1) is 15.5. The van der Waals surface area contributed by atoms with E-state index in [2.05, 4.69) is 10.6 Å². The van der Waals surface area contributed by atoms with Crippen molar-refractivity contribution in [2.75, 3.05) is 32.5 Å². The Morgan fingerprint density at radius 2 is 1.89 bits per heavy atom. The predicted molar refractivity (Wildman–Crippen MR) is 76.4 cm³/mol. The van der Waals surface area contributed by atoms with Crippen LogP contribution in [0.4, 0.5) is 5.69 Å². The zero-order valence-corrected chi connectivity index (χ0v) is 12.0. The fourth-order valence-electron chi connectivity index (χ4n) is 1.54. The minimum Gasteiger partial charge on any atom is -0.358 e. The number of carbonyl (C=O) groups is 2. The van der Waals surface area contributed by atoms with E-state index in [9.17, 15) is 9.59 Å². The lowest BCUT2D eigenvalue weighted by Crippen LogP contribution is -2.37. The topological polar surface area (TPSA) is 61.4 Å². The number of amides is 2. The van der Waals surface area contributed by atoms with E-state index in [0.29, 0.717) is 10.7 Å². The zero-order chi connectivity index (χ0) is 14.4. The highest BCUT2D eigenvalue weighted by molar-refractivity contribution is 6.31. The Labute approximate surface area is 117 Å². The molecule has 1 aromatic rings. The molecule has 1 rings (SSSR count). The minimum atomic E-state index is -0.184. The highest BCUT2D eigenvalue weighted by Gasteiger charge is 2.11. The maximum Gasteiger partial charge on any atom is 0.238 e. The van der Waals surface area contributed by atoms with E-state index in [0.717, 1.165) is 5.56 Å². The van der Waals surface area contributed by atoms with Gasteiger partial charge in [-0.05, 0) is 31.7 Å². The van der Waals surface area contributed by atoms with E-state index in [1.807, 2.05) is 13.0 Å². The summed E-state index contributed by atoms with van der Waals surface area (Å²) in [5, 5.41) is 5.85. The Kier molecular flexibility index (Phi) is 5.79. The van der Waals surface area contributed by atoms with E-state index in [1.54, 1.807) is 31.1 Å². The molecule has 0 aliphatic rings. The fourth-order valence-corrected chi connectivity index (χ4v) is 1.72. The number of carbonyl (C=O) groups excluding carboxylic acids is 2. The van der Waals surface area contributed by atoms with Gasteiger partial charge in [0.25, 0.3) is 0 Å². The Balaban J connectivity index is 2.55. The second-order valence-electron chi connectivity index (χ2n) is 4.35. The summed E-state index contributed by atoms with van der Waals surface area (Å²) in [7, 11) is 3.27. The first-order chi connectivity index (χ1) is 8.92. The number of hydrogen-bond donors (Lipinski definition) is 2. The lowest BCUT2D eigenvalue weighted by atomic mass is 10.2. The number of benzene rings is 1. The molecule has 0 aliphatic heterocycles. The van der Waals surface area contributed by atoms with Gasteiger partial charge < -0.3 is 10.6 Å². The summed E-state index contributed by atoms with van der Waals surface area (Å²) in [5.41, 5.74) is 1.62. The van der Waals surface area contributed by atoms with E-state index >= 15 is 0 Å². The monoisotopic (exact) mass is 283 g/mol. The minimum absolute atomic E-state index is 0.130. The third kappa shape index (κ3) is 5.28. The van der Waals surface area contributed by atoms with Gasteiger partial charge in [-0.1, -0.05) is 17.7 Å². The van der Waals surface area contributed by atoms with Crippen molar-refractivity contribution in [2.24, 2.45) is 0 Å². The van der Waals surface area contributed by atoms with Crippen molar-refractivity contribution in [3.63, 3.8) is 0 Å². The molecule has 0 spiro atoms. The largest absolute Gasteiger partial charge is 0.358 e. The van der Waals surface area contributed by atoms with Gasteiger partial charge >= 0.3 is 0 Å². The van der Waals surface area contributed by atoms with Crippen LogP contribution in [0.25, 0.3) is 0 Å². The van der Waals surface area contributed by atoms with Crippen LogP contribution >= 0.6 is 11.6 Å². The highest BCUT2D eigenvalue weighted by Crippen LogP contribution is 2.19. The molecule has 0 radical (unpaired) electrons. The van der Waals surface area contributed by atoms with Crippen LogP contribution in [0.2, 0.25) is 5.02 Å². The molecule has 0 atom stereocenters. The average Bonchev–Trinajstić information content (AvgIpc) is 2.33.